The Bertz CT molecular complexity index is 1370. The van der Waals surface area contributed by atoms with Gasteiger partial charge in [0.2, 0.25) is 10.7 Å². The normalized spacial score (nSPS) is 18.0. The molecule has 5 rings (SSSR count). The Kier molecular flexibility index (Phi) is 5.96. The number of halogens is 3. The smallest absolute Gasteiger partial charge is 0.368 e. The standard InChI is InChI=1S/C24H22F3N5O2S/c25-24(26,27)15-4-3-5-16(14-15)30-10-12-31(13-11-30)20(33)9-8-19-22(34)32-21(28-19)17-6-1-2-7-18(17)29-23(32)35/h1-7,14,19,28H,8-13H2/t19-/m0/s1. The number of piperazine rings is 1. The van der Waals surface area contributed by atoms with Crippen molar-refractivity contribution in [1.82, 2.24) is 14.5 Å². The minimum absolute atomic E-state index is 0.0918. The van der Waals surface area contributed by atoms with E-state index in [0.29, 0.717) is 49.6 Å². The number of aromatic nitrogens is 2. The summed E-state index contributed by atoms with van der Waals surface area (Å²) in [5.74, 6) is 0.272. The second-order valence-corrected chi connectivity index (χ2v) is 8.95. The lowest BCUT2D eigenvalue weighted by atomic mass is 10.1. The predicted molar refractivity (Wildman–Crippen MR) is 128 cm³/mol. The first-order chi connectivity index (χ1) is 16.7. The molecular formula is C24H22F3N5O2S. The van der Waals surface area contributed by atoms with E-state index < -0.39 is 17.8 Å². The van der Waals surface area contributed by atoms with Crippen LogP contribution in [0.25, 0.3) is 10.9 Å². The van der Waals surface area contributed by atoms with E-state index in [1.807, 2.05) is 29.2 Å². The number of benzene rings is 2. The van der Waals surface area contributed by atoms with Crippen molar-refractivity contribution >= 4 is 46.4 Å². The molecule has 0 spiro atoms. The van der Waals surface area contributed by atoms with Gasteiger partial charge in [-0.25, -0.2) is 9.55 Å². The summed E-state index contributed by atoms with van der Waals surface area (Å²) in [4.78, 5) is 33.6. The molecule has 1 N–H and O–H groups in total. The van der Waals surface area contributed by atoms with Crippen molar-refractivity contribution in [3.63, 3.8) is 0 Å². The van der Waals surface area contributed by atoms with Crippen LogP contribution >= 0.6 is 12.2 Å². The molecule has 1 atom stereocenters. The van der Waals surface area contributed by atoms with Crippen LogP contribution in [0.2, 0.25) is 0 Å². The van der Waals surface area contributed by atoms with E-state index >= 15 is 0 Å². The second kappa shape index (κ2) is 8.95. The molecular weight excluding hydrogens is 479 g/mol. The minimum atomic E-state index is -4.40. The molecule has 0 aliphatic carbocycles. The van der Waals surface area contributed by atoms with Gasteiger partial charge < -0.3 is 15.1 Å². The van der Waals surface area contributed by atoms with E-state index in [0.717, 1.165) is 17.5 Å². The third-order valence-electron chi connectivity index (χ3n) is 6.44. The fourth-order valence-corrected chi connectivity index (χ4v) is 4.86. The summed E-state index contributed by atoms with van der Waals surface area (Å²) in [7, 11) is 0. The zero-order chi connectivity index (χ0) is 24.7. The molecule has 0 unspecified atom stereocenters. The lowest BCUT2D eigenvalue weighted by Gasteiger charge is -2.36. The highest BCUT2D eigenvalue weighted by Gasteiger charge is 2.33. The number of hydrogen-bond acceptors (Lipinski definition) is 6. The number of carbonyl (C=O) groups excluding carboxylic acids is 2. The third-order valence-corrected chi connectivity index (χ3v) is 6.71. The first-order valence-electron chi connectivity index (χ1n) is 11.2. The van der Waals surface area contributed by atoms with Gasteiger partial charge in [0.15, 0.2) is 0 Å². The van der Waals surface area contributed by atoms with Gasteiger partial charge >= 0.3 is 6.18 Å². The van der Waals surface area contributed by atoms with Crippen molar-refractivity contribution in [3.05, 3.63) is 58.9 Å². The fraction of sp³-hybridized carbons (Fsp3) is 0.333. The minimum Gasteiger partial charge on any atom is -0.368 e. The topological polar surface area (TPSA) is 70.5 Å². The molecule has 182 valence electrons. The van der Waals surface area contributed by atoms with Crippen molar-refractivity contribution in [2.45, 2.75) is 25.1 Å². The Morgan fingerprint density at radius 3 is 2.57 bits per heavy atom. The van der Waals surface area contributed by atoms with Crippen molar-refractivity contribution < 1.29 is 22.8 Å². The van der Waals surface area contributed by atoms with Crippen LogP contribution in [0.4, 0.5) is 24.7 Å². The van der Waals surface area contributed by atoms with Crippen molar-refractivity contribution in [1.29, 1.82) is 0 Å². The summed E-state index contributed by atoms with van der Waals surface area (Å²) < 4.78 is 40.6. The quantitative estimate of drug-likeness (QED) is 0.536. The highest BCUT2D eigenvalue weighted by molar-refractivity contribution is 7.71. The zero-order valence-corrected chi connectivity index (χ0v) is 19.4. The van der Waals surface area contributed by atoms with Crippen LogP contribution in [-0.4, -0.2) is 58.5 Å². The number of fused-ring (bicyclic) bond motifs is 3. The van der Waals surface area contributed by atoms with Crippen molar-refractivity contribution in [2.24, 2.45) is 0 Å². The molecule has 35 heavy (non-hydrogen) atoms. The molecule has 2 aliphatic rings. The van der Waals surface area contributed by atoms with Crippen LogP contribution in [0.5, 0.6) is 0 Å². The largest absolute Gasteiger partial charge is 0.416 e. The lowest BCUT2D eigenvalue weighted by molar-refractivity contribution is -0.137. The van der Waals surface area contributed by atoms with E-state index in [1.165, 1.54) is 10.6 Å². The number of rotatable bonds is 4. The van der Waals surface area contributed by atoms with Gasteiger partial charge in [-0.05, 0) is 49.0 Å². The number of alkyl halides is 3. The molecule has 7 nitrogen and oxygen atoms in total. The van der Waals surface area contributed by atoms with Crippen LogP contribution in [-0.2, 0) is 11.0 Å². The molecule has 1 fully saturated rings. The number of nitrogens with one attached hydrogen (secondary N) is 1. The monoisotopic (exact) mass is 501 g/mol. The van der Waals surface area contributed by atoms with Crippen molar-refractivity contribution in [3.8, 4) is 0 Å². The molecule has 11 heteroatoms. The Morgan fingerprint density at radius 1 is 1.09 bits per heavy atom. The number of anilines is 2. The Morgan fingerprint density at radius 2 is 1.83 bits per heavy atom. The predicted octanol–water partition coefficient (Wildman–Crippen LogP) is 4.35. The highest BCUT2D eigenvalue weighted by Crippen LogP contribution is 2.32. The van der Waals surface area contributed by atoms with Gasteiger partial charge in [0.25, 0.3) is 5.91 Å². The first kappa shape index (κ1) is 23.3. The van der Waals surface area contributed by atoms with Gasteiger partial charge in [0.05, 0.1) is 11.1 Å². The third kappa shape index (κ3) is 4.47. The maximum Gasteiger partial charge on any atom is 0.416 e. The molecule has 0 radical (unpaired) electrons. The molecule has 3 aromatic rings. The highest BCUT2D eigenvalue weighted by atomic mass is 32.1. The lowest BCUT2D eigenvalue weighted by Crippen LogP contribution is -2.49. The fourth-order valence-electron chi connectivity index (χ4n) is 4.58. The molecule has 2 aromatic carbocycles. The van der Waals surface area contributed by atoms with E-state index in [9.17, 15) is 22.8 Å². The molecule has 0 bridgehead atoms. The summed E-state index contributed by atoms with van der Waals surface area (Å²) in [5, 5.41) is 3.99. The van der Waals surface area contributed by atoms with E-state index in [4.69, 9.17) is 12.2 Å². The van der Waals surface area contributed by atoms with Gasteiger partial charge in [-0.1, -0.05) is 18.2 Å². The van der Waals surface area contributed by atoms with E-state index in [2.05, 4.69) is 10.3 Å². The first-order valence-corrected chi connectivity index (χ1v) is 11.7. The van der Waals surface area contributed by atoms with E-state index in [1.54, 1.807) is 11.0 Å². The van der Waals surface area contributed by atoms with Gasteiger partial charge in [-0.3, -0.25) is 9.59 Å². The molecule has 2 aliphatic heterocycles. The SMILES string of the molecule is O=C(CC[C@@H]1Nc2c3ccccc3nc(=S)n2C1=O)N1CCN(c2cccc(C(F)(F)F)c2)CC1. The maximum atomic E-state index is 13.0. The molecule has 0 saturated carbocycles. The number of amides is 1. The zero-order valence-electron chi connectivity index (χ0n) is 18.6. The molecule has 1 saturated heterocycles. The summed E-state index contributed by atoms with van der Waals surface area (Å²) in [5.41, 5.74) is 0.494. The van der Waals surface area contributed by atoms with Gasteiger partial charge in [-0.2, -0.15) is 13.2 Å². The Balaban J connectivity index is 1.19. The number of para-hydroxylation sites is 1. The summed E-state index contributed by atoms with van der Waals surface area (Å²) in [6.45, 7) is 1.68. The summed E-state index contributed by atoms with van der Waals surface area (Å²) in [6, 6.07) is 12.0. The average molecular weight is 502 g/mol. The van der Waals surface area contributed by atoms with Crippen LogP contribution < -0.4 is 10.2 Å². The van der Waals surface area contributed by atoms with Crippen LogP contribution in [0.3, 0.4) is 0 Å². The van der Waals surface area contributed by atoms with Crippen molar-refractivity contribution in [2.75, 3.05) is 36.4 Å². The average Bonchev–Trinajstić information content (AvgIpc) is 3.19. The number of hydrogen-bond donors (Lipinski definition) is 1. The van der Waals surface area contributed by atoms with Crippen LogP contribution in [0.1, 0.15) is 23.2 Å². The Hall–Kier alpha value is -3.47. The summed E-state index contributed by atoms with van der Waals surface area (Å²) >= 11 is 5.30. The van der Waals surface area contributed by atoms with Gasteiger partial charge in [0, 0.05) is 43.7 Å². The van der Waals surface area contributed by atoms with Crippen LogP contribution in [0, 0.1) is 4.77 Å². The maximum absolute atomic E-state index is 13.0. The summed E-state index contributed by atoms with van der Waals surface area (Å²) in [6.07, 6.45) is -3.93. The van der Waals surface area contributed by atoms with Crippen LogP contribution in [0.15, 0.2) is 48.5 Å². The second-order valence-electron chi connectivity index (χ2n) is 8.59. The number of nitrogens with zero attached hydrogens (tertiary/aromatic N) is 4. The van der Waals surface area contributed by atoms with E-state index in [-0.39, 0.29) is 23.0 Å². The Labute approximate surface area is 204 Å². The van der Waals surface area contributed by atoms with Gasteiger partial charge in [-0.15, -0.1) is 0 Å². The molecule has 1 amide bonds. The molecule has 1 aromatic heterocycles. The molecule has 3 heterocycles. The number of carbonyl (C=O) groups is 2. The van der Waals surface area contributed by atoms with Gasteiger partial charge in [0.1, 0.15) is 11.9 Å².